The van der Waals surface area contributed by atoms with Gasteiger partial charge < -0.3 is 22.9 Å². The molecule has 6 heteroatoms. The van der Waals surface area contributed by atoms with E-state index in [0.717, 1.165) is 17.7 Å². The Morgan fingerprint density at radius 3 is 2.85 bits per heavy atom. The molecule has 2 rings (SSSR count). The molecule has 1 atom stereocenters. The van der Waals surface area contributed by atoms with Crippen molar-refractivity contribution in [1.29, 1.82) is 0 Å². The molecular weight excluding hydrogens is 186 g/mol. The van der Waals surface area contributed by atoms with Crippen molar-refractivity contribution in [2.75, 3.05) is 5.73 Å². The molecule has 1 aromatic heterocycles. The SMILES string of the molecule is Nc1nc2c(s1)CC[C@@H](N)C2(N)N. The molecule has 0 amide bonds. The predicted octanol–water partition coefficient (Wildman–Crippen LogP) is -0.931. The first kappa shape index (κ1) is 8.89. The molecular formula is C7H13N5S. The third-order valence-corrected chi connectivity index (χ3v) is 3.36. The van der Waals surface area contributed by atoms with E-state index in [1.807, 2.05) is 0 Å². The van der Waals surface area contributed by atoms with Gasteiger partial charge in [0.1, 0.15) is 5.66 Å². The van der Waals surface area contributed by atoms with Crippen LogP contribution in [-0.2, 0) is 12.1 Å². The highest BCUT2D eigenvalue weighted by atomic mass is 32.1. The van der Waals surface area contributed by atoms with Gasteiger partial charge in [0, 0.05) is 10.9 Å². The summed E-state index contributed by atoms with van der Waals surface area (Å²) in [6.07, 6.45) is 1.67. The van der Waals surface area contributed by atoms with Crippen LogP contribution in [0.4, 0.5) is 5.13 Å². The zero-order valence-corrected chi connectivity index (χ0v) is 7.97. The summed E-state index contributed by atoms with van der Waals surface area (Å²) in [4.78, 5) is 5.19. The monoisotopic (exact) mass is 199 g/mol. The normalized spacial score (nSPS) is 25.6. The lowest BCUT2D eigenvalue weighted by molar-refractivity contribution is 0.321. The third-order valence-electron chi connectivity index (χ3n) is 2.42. The third kappa shape index (κ3) is 1.22. The van der Waals surface area contributed by atoms with Crippen molar-refractivity contribution >= 4 is 16.5 Å². The van der Waals surface area contributed by atoms with Crippen molar-refractivity contribution in [3.05, 3.63) is 10.6 Å². The minimum atomic E-state index is -1.01. The van der Waals surface area contributed by atoms with E-state index >= 15 is 0 Å². The largest absolute Gasteiger partial charge is 0.375 e. The summed E-state index contributed by atoms with van der Waals surface area (Å²) in [6.45, 7) is 0. The molecule has 13 heavy (non-hydrogen) atoms. The second kappa shape index (κ2) is 2.65. The fraction of sp³-hybridized carbons (Fsp3) is 0.571. The highest BCUT2D eigenvalue weighted by molar-refractivity contribution is 7.15. The molecule has 72 valence electrons. The second-order valence-corrected chi connectivity index (χ2v) is 4.52. The number of nitrogens with two attached hydrogens (primary N) is 4. The molecule has 0 spiro atoms. The van der Waals surface area contributed by atoms with Crippen molar-refractivity contribution in [3.8, 4) is 0 Å². The fourth-order valence-corrected chi connectivity index (χ4v) is 2.51. The molecule has 0 saturated carbocycles. The minimum Gasteiger partial charge on any atom is -0.375 e. The summed E-state index contributed by atoms with van der Waals surface area (Å²) in [5.41, 5.74) is 22.8. The lowest BCUT2D eigenvalue weighted by atomic mass is 9.88. The van der Waals surface area contributed by atoms with E-state index in [1.54, 1.807) is 0 Å². The molecule has 5 nitrogen and oxygen atoms in total. The van der Waals surface area contributed by atoms with Gasteiger partial charge in [0.25, 0.3) is 0 Å². The number of nitrogen functional groups attached to an aromatic ring is 1. The van der Waals surface area contributed by atoms with Crippen LogP contribution in [0.3, 0.4) is 0 Å². The number of hydrogen-bond donors (Lipinski definition) is 4. The first-order valence-corrected chi connectivity index (χ1v) is 4.92. The molecule has 0 aromatic carbocycles. The molecule has 0 radical (unpaired) electrons. The maximum absolute atomic E-state index is 5.89. The first-order chi connectivity index (χ1) is 6.01. The highest BCUT2D eigenvalue weighted by Crippen LogP contribution is 2.33. The van der Waals surface area contributed by atoms with E-state index < -0.39 is 5.66 Å². The van der Waals surface area contributed by atoms with Crippen LogP contribution in [0.25, 0.3) is 0 Å². The van der Waals surface area contributed by atoms with Gasteiger partial charge >= 0.3 is 0 Å². The molecule has 1 aromatic rings. The molecule has 1 aliphatic carbocycles. The van der Waals surface area contributed by atoms with Gasteiger partial charge in [-0.1, -0.05) is 0 Å². The molecule has 8 N–H and O–H groups in total. The van der Waals surface area contributed by atoms with Gasteiger partial charge in [-0.15, -0.1) is 11.3 Å². The Morgan fingerprint density at radius 2 is 2.15 bits per heavy atom. The number of rotatable bonds is 0. The number of aromatic nitrogens is 1. The second-order valence-electron chi connectivity index (χ2n) is 3.40. The Bertz CT molecular complexity index is 332. The van der Waals surface area contributed by atoms with E-state index in [1.165, 1.54) is 11.3 Å². The Morgan fingerprint density at radius 1 is 1.46 bits per heavy atom. The number of hydrogen-bond acceptors (Lipinski definition) is 6. The minimum absolute atomic E-state index is 0.235. The van der Waals surface area contributed by atoms with Crippen LogP contribution in [-0.4, -0.2) is 11.0 Å². The maximum Gasteiger partial charge on any atom is 0.180 e. The van der Waals surface area contributed by atoms with Crippen LogP contribution < -0.4 is 22.9 Å². The average molecular weight is 199 g/mol. The number of thiazole rings is 1. The highest BCUT2D eigenvalue weighted by Gasteiger charge is 2.38. The van der Waals surface area contributed by atoms with Crippen molar-refractivity contribution in [3.63, 3.8) is 0 Å². The molecule has 0 unspecified atom stereocenters. The summed E-state index contributed by atoms with van der Waals surface area (Å²) in [5.74, 6) is 0. The molecule has 0 aliphatic heterocycles. The van der Waals surface area contributed by atoms with Crippen LogP contribution in [0.15, 0.2) is 0 Å². The zero-order chi connectivity index (χ0) is 9.64. The summed E-state index contributed by atoms with van der Waals surface area (Å²) >= 11 is 1.45. The fourth-order valence-electron chi connectivity index (χ4n) is 1.58. The molecule has 1 heterocycles. The van der Waals surface area contributed by atoms with Gasteiger partial charge in [0.2, 0.25) is 0 Å². The number of nitrogens with zero attached hydrogens (tertiary/aromatic N) is 1. The summed E-state index contributed by atoms with van der Waals surface area (Å²) in [6, 6.07) is -0.235. The van der Waals surface area contributed by atoms with E-state index in [2.05, 4.69) is 4.98 Å². The van der Waals surface area contributed by atoms with Gasteiger partial charge in [0.15, 0.2) is 5.13 Å². The Kier molecular flexibility index (Phi) is 1.81. The van der Waals surface area contributed by atoms with Crippen molar-refractivity contribution < 1.29 is 0 Å². The van der Waals surface area contributed by atoms with E-state index in [4.69, 9.17) is 22.9 Å². The molecule has 0 fully saturated rings. The Labute approximate surface area is 80.1 Å². The van der Waals surface area contributed by atoms with Crippen molar-refractivity contribution in [2.24, 2.45) is 17.2 Å². The smallest absolute Gasteiger partial charge is 0.180 e. The van der Waals surface area contributed by atoms with Gasteiger partial charge in [-0.2, -0.15) is 0 Å². The zero-order valence-electron chi connectivity index (χ0n) is 7.16. The van der Waals surface area contributed by atoms with Crippen LogP contribution >= 0.6 is 11.3 Å². The Balaban J connectivity index is 2.51. The number of aryl methyl sites for hydroxylation is 1. The number of fused-ring (bicyclic) bond motifs is 1. The van der Waals surface area contributed by atoms with E-state index in [0.29, 0.717) is 10.8 Å². The topological polar surface area (TPSA) is 117 Å². The van der Waals surface area contributed by atoms with Crippen LogP contribution in [0, 0.1) is 0 Å². The van der Waals surface area contributed by atoms with Crippen LogP contribution in [0.1, 0.15) is 17.0 Å². The summed E-state index contributed by atoms with van der Waals surface area (Å²) in [7, 11) is 0. The lowest BCUT2D eigenvalue weighted by Gasteiger charge is -2.34. The first-order valence-electron chi connectivity index (χ1n) is 4.11. The van der Waals surface area contributed by atoms with Crippen molar-refractivity contribution in [2.45, 2.75) is 24.5 Å². The van der Waals surface area contributed by atoms with Gasteiger partial charge in [-0.25, -0.2) is 4.98 Å². The van der Waals surface area contributed by atoms with Crippen LogP contribution in [0.2, 0.25) is 0 Å². The predicted molar refractivity (Wildman–Crippen MR) is 52.9 cm³/mol. The molecule has 0 bridgehead atoms. The van der Waals surface area contributed by atoms with Gasteiger partial charge in [-0.3, -0.25) is 0 Å². The van der Waals surface area contributed by atoms with E-state index in [9.17, 15) is 0 Å². The quantitative estimate of drug-likeness (QED) is 0.403. The van der Waals surface area contributed by atoms with Gasteiger partial charge in [0.05, 0.1) is 5.69 Å². The maximum atomic E-state index is 5.89. The van der Waals surface area contributed by atoms with Gasteiger partial charge in [-0.05, 0) is 12.8 Å². The molecule has 1 aliphatic rings. The summed E-state index contributed by atoms with van der Waals surface area (Å²) in [5, 5.41) is 0.513. The van der Waals surface area contributed by atoms with Crippen molar-refractivity contribution in [1.82, 2.24) is 4.98 Å². The number of anilines is 1. The van der Waals surface area contributed by atoms with E-state index in [-0.39, 0.29) is 6.04 Å². The average Bonchev–Trinajstić information content (AvgIpc) is 2.41. The molecule has 0 saturated heterocycles. The lowest BCUT2D eigenvalue weighted by Crippen LogP contribution is -2.61. The standard InChI is InChI=1S/C7H13N5S/c8-4-2-1-3-5(7(4,10)11)12-6(9)13-3/h4H,1-2,8,10-11H2,(H2,9,12)/t4-/m1/s1. The summed E-state index contributed by atoms with van der Waals surface area (Å²) < 4.78 is 0. The Hall–Kier alpha value is -0.690. The van der Waals surface area contributed by atoms with Crippen LogP contribution in [0.5, 0.6) is 0 Å².